The van der Waals surface area contributed by atoms with Crippen LogP contribution in [0.25, 0.3) is 0 Å². The lowest BCUT2D eigenvalue weighted by molar-refractivity contribution is -0.148. The first-order chi connectivity index (χ1) is 15.9. The van der Waals surface area contributed by atoms with Crippen molar-refractivity contribution in [1.82, 2.24) is 9.97 Å². The summed E-state index contributed by atoms with van der Waals surface area (Å²) in [7, 11) is 0. The summed E-state index contributed by atoms with van der Waals surface area (Å²) < 4.78 is 5.09. The molecule has 1 fully saturated rings. The average molecular weight is 474 g/mol. The van der Waals surface area contributed by atoms with E-state index in [2.05, 4.69) is 20.6 Å². The third-order valence-electron chi connectivity index (χ3n) is 5.80. The number of rotatable bonds is 5. The second-order valence-electron chi connectivity index (χ2n) is 7.94. The number of aromatic nitrogens is 2. The first-order valence-electron chi connectivity index (χ1n) is 10.8. The van der Waals surface area contributed by atoms with Crippen molar-refractivity contribution >= 4 is 46.8 Å². The maximum atomic E-state index is 13.0. The van der Waals surface area contributed by atoms with Crippen LogP contribution in [0.1, 0.15) is 37.7 Å². The highest BCUT2D eigenvalue weighted by atomic mass is 35.5. The van der Waals surface area contributed by atoms with Gasteiger partial charge in [0.1, 0.15) is 5.82 Å². The van der Waals surface area contributed by atoms with E-state index < -0.39 is 23.3 Å². The molecule has 1 aromatic carbocycles. The number of fused-ring (bicyclic) bond motifs is 1. The van der Waals surface area contributed by atoms with Crippen LogP contribution in [-0.4, -0.2) is 47.4 Å². The fourth-order valence-corrected chi connectivity index (χ4v) is 4.29. The van der Waals surface area contributed by atoms with Gasteiger partial charge in [-0.1, -0.05) is 23.7 Å². The van der Waals surface area contributed by atoms with Crippen molar-refractivity contribution in [1.29, 1.82) is 0 Å². The van der Waals surface area contributed by atoms with Crippen LogP contribution in [0, 0.1) is 5.92 Å². The number of carbonyl (C=O) groups is 3. The first-order valence-corrected chi connectivity index (χ1v) is 11.2. The zero-order valence-corrected chi connectivity index (χ0v) is 18.8. The number of esters is 1. The molecular weight excluding hydrogens is 450 g/mol. The summed E-state index contributed by atoms with van der Waals surface area (Å²) in [5, 5.41) is 5.64. The minimum Gasteiger partial charge on any atom is -0.466 e. The number of benzene rings is 1. The summed E-state index contributed by atoms with van der Waals surface area (Å²) >= 11 is 6.11. The molecule has 4 rings (SSSR count). The van der Waals surface area contributed by atoms with Crippen LogP contribution in [0.2, 0.25) is 5.02 Å². The molecule has 33 heavy (non-hydrogen) atoms. The van der Waals surface area contributed by atoms with E-state index in [4.69, 9.17) is 16.3 Å². The molecule has 3 heterocycles. The van der Waals surface area contributed by atoms with E-state index in [-0.39, 0.29) is 35.6 Å². The fraction of sp³-hybridized carbons (Fsp3) is 0.409. The number of amides is 2. The van der Waals surface area contributed by atoms with Gasteiger partial charge in [0, 0.05) is 19.5 Å². The molecule has 2 aliphatic heterocycles. The van der Waals surface area contributed by atoms with Crippen molar-refractivity contribution in [3.05, 3.63) is 45.2 Å². The van der Waals surface area contributed by atoms with Crippen molar-refractivity contribution in [2.24, 2.45) is 5.92 Å². The maximum absolute atomic E-state index is 13.0. The Bertz CT molecular complexity index is 1140. The molecule has 2 aromatic rings. The van der Waals surface area contributed by atoms with Crippen LogP contribution >= 0.6 is 11.6 Å². The number of aromatic amines is 1. The van der Waals surface area contributed by atoms with Gasteiger partial charge in [0.05, 0.1) is 34.7 Å². The molecule has 0 unspecified atom stereocenters. The third kappa shape index (κ3) is 4.85. The van der Waals surface area contributed by atoms with Crippen molar-refractivity contribution in [2.75, 3.05) is 35.2 Å². The molecule has 0 saturated carbocycles. The molecule has 0 bridgehead atoms. The highest BCUT2D eigenvalue weighted by molar-refractivity contribution is 6.33. The van der Waals surface area contributed by atoms with Gasteiger partial charge in [0.2, 0.25) is 17.8 Å². The number of halogens is 1. The molecule has 0 aliphatic carbocycles. The molecule has 2 aliphatic rings. The monoisotopic (exact) mass is 473 g/mol. The number of anilines is 3. The molecule has 1 saturated heterocycles. The van der Waals surface area contributed by atoms with Gasteiger partial charge < -0.3 is 20.3 Å². The van der Waals surface area contributed by atoms with Crippen molar-refractivity contribution < 1.29 is 19.1 Å². The lowest BCUT2D eigenvalue weighted by atomic mass is 9.92. The number of carbonyl (C=O) groups excluding carboxylic acids is 3. The standard InChI is InChI=1S/C22H24ClN5O5/c1-2-33-21(32)12-7-9-28(10-8-12)22-26-18-17(20(31)27-22)13(11-16(29)25-18)19(30)24-15-6-4-3-5-14(15)23/h3-6,12-13H,2,7-11H2,1H3,(H,24,30)(H2,25,26,27,29,31)/t13-/m1/s1. The Morgan fingerprint density at radius 2 is 1.97 bits per heavy atom. The topological polar surface area (TPSA) is 133 Å². The van der Waals surface area contributed by atoms with E-state index in [0.717, 1.165) is 0 Å². The Balaban J connectivity index is 1.55. The molecule has 11 heteroatoms. The molecule has 1 atom stereocenters. The van der Waals surface area contributed by atoms with Gasteiger partial charge in [-0.05, 0) is 31.9 Å². The van der Waals surface area contributed by atoms with Gasteiger partial charge in [-0.15, -0.1) is 0 Å². The second-order valence-corrected chi connectivity index (χ2v) is 8.35. The summed E-state index contributed by atoms with van der Waals surface area (Å²) in [6.45, 7) is 3.10. The summed E-state index contributed by atoms with van der Waals surface area (Å²) in [6.07, 6.45) is 0.946. The largest absolute Gasteiger partial charge is 0.466 e. The van der Waals surface area contributed by atoms with Crippen LogP contribution in [0.3, 0.4) is 0 Å². The molecule has 0 radical (unpaired) electrons. The number of nitrogens with zero attached hydrogens (tertiary/aromatic N) is 2. The van der Waals surface area contributed by atoms with E-state index in [9.17, 15) is 19.2 Å². The van der Waals surface area contributed by atoms with Gasteiger partial charge in [-0.3, -0.25) is 24.2 Å². The summed E-state index contributed by atoms with van der Waals surface area (Å²) in [5.41, 5.74) is -0.00619. The molecular formula is C22H24ClN5O5. The van der Waals surface area contributed by atoms with E-state index >= 15 is 0 Å². The average Bonchev–Trinajstić information content (AvgIpc) is 2.80. The highest BCUT2D eigenvalue weighted by Crippen LogP contribution is 2.32. The van der Waals surface area contributed by atoms with Crippen LogP contribution < -0.4 is 21.1 Å². The van der Waals surface area contributed by atoms with Crippen LogP contribution in [0.5, 0.6) is 0 Å². The predicted molar refractivity (Wildman–Crippen MR) is 122 cm³/mol. The molecule has 3 N–H and O–H groups in total. The molecule has 2 amide bonds. The SMILES string of the molecule is CCOC(=O)C1CCN(c2nc3c(c(=O)[nH]2)[C@H](C(=O)Nc2ccccc2Cl)CC(=O)N3)CC1. The highest BCUT2D eigenvalue weighted by Gasteiger charge is 2.36. The molecule has 1 aromatic heterocycles. The van der Waals surface area contributed by atoms with E-state index in [1.807, 2.05) is 4.90 Å². The number of nitrogens with one attached hydrogen (secondary N) is 3. The predicted octanol–water partition coefficient (Wildman–Crippen LogP) is 2.27. The van der Waals surface area contributed by atoms with Gasteiger partial charge in [-0.2, -0.15) is 4.98 Å². The number of hydrogen-bond acceptors (Lipinski definition) is 7. The van der Waals surface area contributed by atoms with Gasteiger partial charge in [-0.25, -0.2) is 0 Å². The zero-order chi connectivity index (χ0) is 23.5. The number of ether oxygens (including phenoxy) is 1. The van der Waals surface area contributed by atoms with Gasteiger partial charge in [0.15, 0.2) is 0 Å². The summed E-state index contributed by atoms with van der Waals surface area (Å²) in [5.74, 6) is -2.00. The van der Waals surface area contributed by atoms with Crippen molar-refractivity contribution in [3.8, 4) is 0 Å². The Morgan fingerprint density at radius 1 is 1.24 bits per heavy atom. The van der Waals surface area contributed by atoms with Crippen LogP contribution in [-0.2, 0) is 19.1 Å². The normalized spacial score (nSPS) is 18.3. The smallest absolute Gasteiger partial charge is 0.309 e. The summed E-state index contributed by atoms with van der Waals surface area (Å²) in [4.78, 5) is 59.2. The van der Waals surface area contributed by atoms with E-state index in [1.54, 1.807) is 31.2 Å². The quantitative estimate of drug-likeness (QED) is 0.567. The first kappa shape index (κ1) is 22.8. The fourth-order valence-electron chi connectivity index (χ4n) is 4.10. The van der Waals surface area contributed by atoms with Gasteiger partial charge >= 0.3 is 5.97 Å². The van der Waals surface area contributed by atoms with Crippen LogP contribution in [0.15, 0.2) is 29.1 Å². The number of para-hydroxylation sites is 1. The lowest BCUT2D eigenvalue weighted by Crippen LogP contribution is -2.41. The Labute approximate surface area is 194 Å². The van der Waals surface area contributed by atoms with Crippen molar-refractivity contribution in [2.45, 2.75) is 32.1 Å². The third-order valence-corrected chi connectivity index (χ3v) is 6.13. The Morgan fingerprint density at radius 3 is 2.67 bits per heavy atom. The molecule has 10 nitrogen and oxygen atoms in total. The minimum atomic E-state index is -1.01. The Hall–Kier alpha value is -3.40. The van der Waals surface area contributed by atoms with Crippen molar-refractivity contribution in [3.63, 3.8) is 0 Å². The number of H-pyrrole nitrogens is 1. The lowest BCUT2D eigenvalue weighted by Gasteiger charge is -2.32. The summed E-state index contributed by atoms with van der Waals surface area (Å²) in [6, 6.07) is 6.71. The number of hydrogen-bond donors (Lipinski definition) is 3. The zero-order valence-electron chi connectivity index (χ0n) is 18.0. The van der Waals surface area contributed by atoms with Gasteiger partial charge in [0.25, 0.3) is 5.56 Å². The second kappa shape index (κ2) is 9.62. The van der Waals surface area contributed by atoms with E-state index in [0.29, 0.717) is 43.2 Å². The minimum absolute atomic E-state index is 0.0665. The molecule has 0 spiro atoms. The maximum Gasteiger partial charge on any atom is 0.309 e. The van der Waals surface area contributed by atoms with E-state index in [1.165, 1.54) is 0 Å². The Kier molecular flexibility index (Phi) is 6.64. The number of piperidine rings is 1. The van der Waals surface area contributed by atoms with Crippen LogP contribution in [0.4, 0.5) is 17.5 Å². The molecule has 174 valence electrons.